The summed E-state index contributed by atoms with van der Waals surface area (Å²) in [7, 11) is 0. The van der Waals surface area contributed by atoms with E-state index in [0.29, 0.717) is 18.5 Å². The van der Waals surface area contributed by atoms with Crippen LogP contribution in [-0.4, -0.2) is 39.5 Å². The maximum Gasteiger partial charge on any atom is 0.329 e. The summed E-state index contributed by atoms with van der Waals surface area (Å²) in [5.41, 5.74) is 0.524. The van der Waals surface area contributed by atoms with Crippen LogP contribution in [0, 0.1) is 10.1 Å². The standard InChI is InChI=1S/C13H12N2O5S/c16-12-10-3-8(15(18)19)2-1-7(10)6-20-13(17)11-4-9(21)5-14(11)12/h1-3,9,11,21H,4-6H2. The highest BCUT2D eigenvalue weighted by atomic mass is 32.1. The first-order valence-electron chi connectivity index (χ1n) is 6.40. The number of cyclic esters (lactones) is 1. The summed E-state index contributed by atoms with van der Waals surface area (Å²) < 4.78 is 5.18. The number of rotatable bonds is 1. The van der Waals surface area contributed by atoms with Crippen molar-refractivity contribution in [3.63, 3.8) is 0 Å². The number of non-ortho nitro benzene ring substituents is 1. The molecule has 8 heteroatoms. The number of carbonyl (C=O) groups excluding carboxylic acids is 2. The lowest BCUT2D eigenvalue weighted by molar-refractivity contribution is -0.384. The first-order chi connectivity index (χ1) is 9.97. The molecule has 2 heterocycles. The Morgan fingerprint density at radius 1 is 1.38 bits per heavy atom. The monoisotopic (exact) mass is 308 g/mol. The lowest BCUT2D eigenvalue weighted by Crippen LogP contribution is -2.43. The molecule has 0 saturated carbocycles. The van der Waals surface area contributed by atoms with Crippen LogP contribution in [-0.2, 0) is 16.1 Å². The molecule has 21 heavy (non-hydrogen) atoms. The van der Waals surface area contributed by atoms with Crippen LogP contribution in [0.25, 0.3) is 0 Å². The highest BCUT2D eigenvalue weighted by molar-refractivity contribution is 7.81. The third-order valence-electron chi connectivity index (χ3n) is 3.72. The highest BCUT2D eigenvalue weighted by Crippen LogP contribution is 2.29. The first-order valence-corrected chi connectivity index (χ1v) is 6.92. The molecule has 2 atom stereocenters. The molecule has 110 valence electrons. The zero-order valence-corrected chi connectivity index (χ0v) is 11.8. The Labute approximate surface area is 125 Å². The number of esters is 1. The smallest absolute Gasteiger partial charge is 0.329 e. The van der Waals surface area contributed by atoms with Gasteiger partial charge in [0.05, 0.1) is 10.5 Å². The second kappa shape index (κ2) is 5.03. The molecule has 1 amide bonds. The zero-order chi connectivity index (χ0) is 15.1. The fourth-order valence-corrected chi connectivity index (χ4v) is 3.04. The van der Waals surface area contributed by atoms with Crippen LogP contribution in [0.4, 0.5) is 5.69 Å². The van der Waals surface area contributed by atoms with E-state index in [-0.39, 0.29) is 29.0 Å². The maximum atomic E-state index is 12.6. The Balaban J connectivity index is 2.06. The number of fused-ring (bicyclic) bond motifs is 2. The van der Waals surface area contributed by atoms with Gasteiger partial charge in [-0.1, -0.05) is 0 Å². The Morgan fingerprint density at radius 3 is 2.86 bits per heavy atom. The van der Waals surface area contributed by atoms with Crippen molar-refractivity contribution in [3.8, 4) is 0 Å². The molecule has 3 rings (SSSR count). The lowest BCUT2D eigenvalue weighted by atomic mass is 10.0. The normalized spacial score (nSPS) is 24.7. The van der Waals surface area contributed by atoms with E-state index in [9.17, 15) is 19.7 Å². The van der Waals surface area contributed by atoms with Crippen molar-refractivity contribution in [2.45, 2.75) is 24.3 Å². The number of nitro benzene ring substituents is 1. The number of carbonyl (C=O) groups is 2. The largest absolute Gasteiger partial charge is 0.459 e. The molecular weight excluding hydrogens is 296 g/mol. The van der Waals surface area contributed by atoms with Crippen molar-refractivity contribution in [2.75, 3.05) is 6.54 Å². The molecule has 7 nitrogen and oxygen atoms in total. The summed E-state index contributed by atoms with van der Waals surface area (Å²) in [6.45, 7) is 0.267. The fourth-order valence-electron chi connectivity index (χ4n) is 2.66. The second-order valence-corrected chi connectivity index (χ2v) is 5.80. The van der Waals surface area contributed by atoms with E-state index in [1.165, 1.54) is 23.1 Å². The van der Waals surface area contributed by atoms with Crippen LogP contribution >= 0.6 is 12.6 Å². The SMILES string of the molecule is O=C1OCc2ccc([N+](=O)[O-])cc2C(=O)N2CC(S)CC12. The number of nitro groups is 1. The van der Waals surface area contributed by atoms with Gasteiger partial charge in [0.1, 0.15) is 12.6 Å². The predicted octanol–water partition coefficient (Wildman–Crippen LogP) is 1.16. The Bertz CT molecular complexity index is 647. The van der Waals surface area contributed by atoms with Crippen molar-refractivity contribution in [1.82, 2.24) is 4.90 Å². The van der Waals surface area contributed by atoms with E-state index >= 15 is 0 Å². The third-order valence-corrected chi connectivity index (χ3v) is 4.09. The first kappa shape index (κ1) is 13.9. The minimum absolute atomic E-state index is 0.0561. The van der Waals surface area contributed by atoms with Crippen LogP contribution in [0.15, 0.2) is 18.2 Å². The summed E-state index contributed by atoms with van der Waals surface area (Å²) >= 11 is 4.31. The maximum absolute atomic E-state index is 12.6. The van der Waals surface area contributed by atoms with Gasteiger partial charge in [0.25, 0.3) is 11.6 Å². The van der Waals surface area contributed by atoms with Gasteiger partial charge >= 0.3 is 5.97 Å². The van der Waals surface area contributed by atoms with Gasteiger partial charge in [0.2, 0.25) is 0 Å². The predicted molar refractivity (Wildman–Crippen MR) is 75.1 cm³/mol. The Hall–Kier alpha value is -2.09. The van der Waals surface area contributed by atoms with Crippen molar-refractivity contribution < 1.29 is 19.2 Å². The van der Waals surface area contributed by atoms with Gasteiger partial charge in [-0.2, -0.15) is 12.6 Å². The molecule has 0 bridgehead atoms. The molecule has 1 saturated heterocycles. The van der Waals surface area contributed by atoms with E-state index in [2.05, 4.69) is 12.6 Å². The topological polar surface area (TPSA) is 89.7 Å². The average molecular weight is 308 g/mol. The van der Waals surface area contributed by atoms with Crippen molar-refractivity contribution in [1.29, 1.82) is 0 Å². The molecule has 1 fully saturated rings. The number of nitrogens with zero attached hydrogens (tertiary/aromatic N) is 2. The molecule has 2 aliphatic rings. The molecule has 1 aromatic rings. The van der Waals surface area contributed by atoms with E-state index in [1.54, 1.807) is 0 Å². The highest BCUT2D eigenvalue weighted by Gasteiger charge is 2.41. The number of hydrogen-bond donors (Lipinski definition) is 1. The summed E-state index contributed by atoms with van der Waals surface area (Å²) in [4.78, 5) is 36.3. The summed E-state index contributed by atoms with van der Waals surface area (Å²) in [5, 5.41) is 10.8. The fraction of sp³-hybridized carbons (Fsp3) is 0.385. The second-order valence-electron chi connectivity index (χ2n) is 5.07. The minimum Gasteiger partial charge on any atom is -0.459 e. The minimum atomic E-state index is -0.660. The number of ether oxygens (including phenoxy) is 1. The van der Waals surface area contributed by atoms with E-state index in [4.69, 9.17) is 4.74 Å². The summed E-state index contributed by atoms with van der Waals surface area (Å²) in [6, 6.07) is 3.32. The molecule has 2 unspecified atom stereocenters. The molecule has 1 aromatic carbocycles. The van der Waals surface area contributed by atoms with Crippen LogP contribution in [0.1, 0.15) is 22.3 Å². The van der Waals surface area contributed by atoms with E-state index in [1.807, 2.05) is 0 Å². The van der Waals surface area contributed by atoms with Gasteiger partial charge in [0, 0.05) is 29.5 Å². The lowest BCUT2D eigenvalue weighted by Gasteiger charge is -2.26. The van der Waals surface area contributed by atoms with Gasteiger partial charge < -0.3 is 9.64 Å². The molecule has 0 radical (unpaired) electrons. The molecule has 0 N–H and O–H groups in total. The molecular formula is C13H12N2O5S. The molecule has 0 aliphatic carbocycles. The van der Waals surface area contributed by atoms with Gasteiger partial charge in [-0.25, -0.2) is 4.79 Å². The van der Waals surface area contributed by atoms with Crippen LogP contribution < -0.4 is 0 Å². The Kier molecular flexibility index (Phi) is 3.32. The van der Waals surface area contributed by atoms with Crippen molar-refractivity contribution in [3.05, 3.63) is 39.4 Å². The molecule has 0 aromatic heterocycles. The summed E-state index contributed by atoms with van der Waals surface area (Å²) in [5.74, 6) is -0.837. The average Bonchev–Trinajstić information content (AvgIpc) is 2.84. The van der Waals surface area contributed by atoms with Gasteiger partial charge in [-0.15, -0.1) is 0 Å². The zero-order valence-electron chi connectivity index (χ0n) is 10.9. The van der Waals surface area contributed by atoms with Gasteiger partial charge in [0.15, 0.2) is 0 Å². The summed E-state index contributed by atoms with van der Waals surface area (Å²) in [6.07, 6.45) is 0.429. The van der Waals surface area contributed by atoms with Crippen LogP contribution in [0.3, 0.4) is 0 Å². The number of amides is 1. The van der Waals surface area contributed by atoms with Crippen LogP contribution in [0.2, 0.25) is 0 Å². The number of benzene rings is 1. The van der Waals surface area contributed by atoms with Crippen LogP contribution in [0.5, 0.6) is 0 Å². The quantitative estimate of drug-likeness (QED) is 0.364. The van der Waals surface area contributed by atoms with Crippen molar-refractivity contribution >= 4 is 30.2 Å². The number of thiol groups is 1. The third kappa shape index (κ3) is 2.35. The van der Waals surface area contributed by atoms with E-state index < -0.39 is 16.9 Å². The van der Waals surface area contributed by atoms with Gasteiger partial charge in [-0.3, -0.25) is 14.9 Å². The van der Waals surface area contributed by atoms with Gasteiger partial charge in [-0.05, 0) is 12.5 Å². The Morgan fingerprint density at radius 2 is 2.14 bits per heavy atom. The van der Waals surface area contributed by atoms with Crippen molar-refractivity contribution in [2.24, 2.45) is 0 Å². The molecule has 2 aliphatic heterocycles. The molecule has 0 spiro atoms. The van der Waals surface area contributed by atoms with E-state index in [0.717, 1.165) is 0 Å². The number of hydrogen-bond acceptors (Lipinski definition) is 6.